The fourth-order valence-electron chi connectivity index (χ4n) is 2.66. The Bertz CT molecular complexity index is 611. The second kappa shape index (κ2) is 7.55. The standard InChI is InChI=1S/C18H26N4O2/c1-22(2)17(23)12-20-18(19-11-13-7-8-13)21-15-9-10-24-16-6-4-3-5-14(15)16/h3-6,13,15H,7-12H2,1-2H3,(H2,19,20,21). The highest BCUT2D eigenvalue weighted by Crippen LogP contribution is 2.31. The molecule has 24 heavy (non-hydrogen) atoms. The van der Waals surface area contributed by atoms with Gasteiger partial charge < -0.3 is 20.3 Å². The molecule has 0 bridgehead atoms. The Kier molecular flexibility index (Phi) is 5.23. The molecular formula is C18H26N4O2. The van der Waals surface area contributed by atoms with E-state index < -0.39 is 0 Å². The van der Waals surface area contributed by atoms with E-state index in [-0.39, 0.29) is 18.5 Å². The van der Waals surface area contributed by atoms with Crippen LogP contribution in [0.15, 0.2) is 29.3 Å². The topological polar surface area (TPSA) is 66.0 Å². The van der Waals surface area contributed by atoms with E-state index in [9.17, 15) is 4.79 Å². The quantitative estimate of drug-likeness (QED) is 0.635. The first-order chi connectivity index (χ1) is 11.6. The van der Waals surface area contributed by atoms with Gasteiger partial charge in [0.05, 0.1) is 12.6 Å². The lowest BCUT2D eigenvalue weighted by Crippen LogP contribution is -2.42. The summed E-state index contributed by atoms with van der Waals surface area (Å²) in [4.78, 5) is 17.9. The summed E-state index contributed by atoms with van der Waals surface area (Å²) >= 11 is 0. The molecule has 1 aromatic rings. The largest absolute Gasteiger partial charge is 0.493 e. The first kappa shape index (κ1) is 16.6. The molecule has 2 N–H and O–H groups in total. The third-order valence-corrected chi connectivity index (χ3v) is 4.40. The molecule has 0 aromatic heterocycles. The summed E-state index contributed by atoms with van der Waals surface area (Å²) in [7, 11) is 3.49. The van der Waals surface area contributed by atoms with Crippen LogP contribution in [0.5, 0.6) is 5.75 Å². The van der Waals surface area contributed by atoms with Crippen LogP contribution in [0.3, 0.4) is 0 Å². The summed E-state index contributed by atoms with van der Waals surface area (Å²) in [5.41, 5.74) is 1.14. The highest BCUT2D eigenvalue weighted by atomic mass is 16.5. The number of benzene rings is 1. The van der Waals surface area contributed by atoms with Gasteiger partial charge >= 0.3 is 0 Å². The second-order valence-electron chi connectivity index (χ2n) is 6.65. The number of aliphatic imine (C=N–C) groups is 1. The number of hydrogen-bond donors (Lipinski definition) is 2. The van der Waals surface area contributed by atoms with Crippen LogP contribution >= 0.6 is 0 Å². The van der Waals surface area contributed by atoms with E-state index in [0.29, 0.717) is 12.6 Å². The van der Waals surface area contributed by atoms with Gasteiger partial charge in [-0.2, -0.15) is 0 Å². The molecule has 1 aliphatic heterocycles. The van der Waals surface area contributed by atoms with Crippen LogP contribution in [0.4, 0.5) is 0 Å². The van der Waals surface area contributed by atoms with E-state index in [2.05, 4.69) is 21.7 Å². The number of hydrogen-bond acceptors (Lipinski definition) is 3. The van der Waals surface area contributed by atoms with E-state index in [1.165, 1.54) is 12.8 Å². The summed E-state index contributed by atoms with van der Waals surface area (Å²) < 4.78 is 5.71. The Morgan fingerprint density at radius 2 is 2.08 bits per heavy atom. The van der Waals surface area contributed by atoms with Crippen molar-refractivity contribution in [2.75, 3.05) is 33.8 Å². The van der Waals surface area contributed by atoms with Gasteiger partial charge in [-0.1, -0.05) is 18.2 Å². The fourth-order valence-corrected chi connectivity index (χ4v) is 2.66. The van der Waals surface area contributed by atoms with Crippen LogP contribution in [0.2, 0.25) is 0 Å². The normalized spacial score (nSPS) is 19.9. The van der Waals surface area contributed by atoms with Crippen LogP contribution in [0.1, 0.15) is 30.9 Å². The third-order valence-electron chi connectivity index (χ3n) is 4.40. The Morgan fingerprint density at radius 1 is 1.29 bits per heavy atom. The second-order valence-corrected chi connectivity index (χ2v) is 6.65. The maximum atomic E-state index is 11.8. The van der Waals surface area contributed by atoms with Gasteiger partial charge in [-0.25, -0.2) is 4.99 Å². The lowest BCUT2D eigenvalue weighted by Gasteiger charge is -2.28. The molecule has 0 spiro atoms. The molecule has 1 aromatic carbocycles. The zero-order valence-corrected chi connectivity index (χ0v) is 14.4. The minimum absolute atomic E-state index is 0.00472. The zero-order chi connectivity index (χ0) is 16.9. The number of amides is 1. The monoisotopic (exact) mass is 330 g/mol. The van der Waals surface area contributed by atoms with Crippen LogP contribution in [0.25, 0.3) is 0 Å². The molecule has 1 heterocycles. The highest BCUT2D eigenvalue weighted by molar-refractivity contribution is 5.85. The molecule has 1 fully saturated rings. The van der Waals surface area contributed by atoms with Crippen LogP contribution in [0, 0.1) is 5.92 Å². The molecule has 1 amide bonds. The van der Waals surface area contributed by atoms with Crippen molar-refractivity contribution in [3.8, 4) is 5.75 Å². The molecule has 1 saturated carbocycles. The Morgan fingerprint density at radius 3 is 2.83 bits per heavy atom. The van der Waals surface area contributed by atoms with Crippen LogP contribution in [-0.2, 0) is 4.79 Å². The molecule has 1 atom stereocenters. The van der Waals surface area contributed by atoms with Gasteiger partial charge in [0.25, 0.3) is 0 Å². The Balaban J connectivity index is 1.68. The molecule has 6 heteroatoms. The number of nitrogens with zero attached hydrogens (tertiary/aromatic N) is 2. The summed E-state index contributed by atoms with van der Waals surface area (Å²) in [6.07, 6.45) is 3.43. The zero-order valence-electron chi connectivity index (χ0n) is 14.4. The lowest BCUT2D eigenvalue weighted by atomic mass is 10.0. The molecule has 3 rings (SSSR count). The van der Waals surface area contributed by atoms with Gasteiger partial charge in [-0.15, -0.1) is 0 Å². The number of nitrogens with one attached hydrogen (secondary N) is 2. The van der Waals surface area contributed by atoms with Crippen LogP contribution in [-0.4, -0.2) is 50.6 Å². The van der Waals surface area contributed by atoms with Crippen molar-refractivity contribution >= 4 is 11.9 Å². The highest BCUT2D eigenvalue weighted by Gasteiger charge is 2.24. The molecule has 0 saturated heterocycles. The number of para-hydroxylation sites is 1. The average Bonchev–Trinajstić information content (AvgIpc) is 3.41. The smallest absolute Gasteiger partial charge is 0.243 e. The molecular weight excluding hydrogens is 304 g/mol. The van der Waals surface area contributed by atoms with Gasteiger partial charge in [0.15, 0.2) is 5.96 Å². The van der Waals surface area contributed by atoms with Crippen molar-refractivity contribution in [3.05, 3.63) is 29.8 Å². The third kappa shape index (κ3) is 4.40. The fraction of sp³-hybridized carbons (Fsp3) is 0.556. The Hall–Kier alpha value is -2.24. The molecule has 130 valence electrons. The number of carbonyl (C=O) groups is 1. The summed E-state index contributed by atoms with van der Waals surface area (Å²) in [5, 5.41) is 6.86. The molecule has 2 aliphatic rings. The van der Waals surface area contributed by atoms with E-state index >= 15 is 0 Å². The van der Waals surface area contributed by atoms with E-state index in [0.717, 1.165) is 30.2 Å². The molecule has 6 nitrogen and oxygen atoms in total. The van der Waals surface area contributed by atoms with E-state index in [1.54, 1.807) is 19.0 Å². The van der Waals surface area contributed by atoms with Crippen molar-refractivity contribution in [1.82, 2.24) is 15.5 Å². The SMILES string of the molecule is CN(C)C(=O)CN=C(NCC1CC1)NC1CCOc2ccccc21. The van der Waals surface area contributed by atoms with Crippen molar-refractivity contribution in [2.45, 2.75) is 25.3 Å². The average molecular weight is 330 g/mol. The van der Waals surface area contributed by atoms with Crippen molar-refractivity contribution in [2.24, 2.45) is 10.9 Å². The van der Waals surface area contributed by atoms with Gasteiger partial charge in [0.2, 0.25) is 5.91 Å². The van der Waals surface area contributed by atoms with Crippen LogP contribution < -0.4 is 15.4 Å². The van der Waals surface area contributed by atoms with Crippen molar-refractivity contribution in [1.29, 1.82) is 0 Å². The molecule has 1 unspecified atom stereocenters. The van der Waals surface area contributed by atoms with Gasteiger partial charge in [0, 0.05) is 32.6 Å². The lowest BCUT2D eigenvalue weighted by molar-refractivity contribution is -0.127. The number of carbonyl (C=O) groups excluding carboxylic acids is 1. The summed E-state index contributed by atoms with van der Waals surface area (Å²) in [6, 6.07) is 8.22. The first-order valence-corrected chi connectivity index (χ1v) is 8.60. The Labute approximate surface area is 143 Å². The van der Waals surface area contributed by atoms with E-state index in [4.69, 9.17) is 4.74 Å². The minimum Gasteiger partial charge on any atom is -0.493 e. The number of fused-ring (bicyclic) bond motifs is 1. The number of rotatable bonds is 5. The number of ether oxygens (including phenoxy) is 1. The van der Waals surface area contributed by atoms with Gasteiger partial charge in [-0.3, -0.25) is 4.79 Å². The minimum atomic E-state index is -0.00472. The number of guanidine groups is 1. The first-order valence-electron chi connectivity index (χ1n) is 8.60. The predicted octanol–water partition coefficient (Wildman–Crippen LogP) is 1.54. The van der Waals surface area contributed by atoms with Crippen molar-refractivity contribution < 1.29 is 9.53 Å². The molecule has 0 radical (unpaired) electrons. The summed E-state index contributed by atoms with van der Waals surface area (Å²) in [5.74, 6) is 2.37. The van der Waals surface area contributed by atoms with Crippen molar-refractivity contribution in [3.63, 3.8) is 0 Å². The van der Waals surface area contributed by atoms with Gasteiger partial charge in [-0.05, 0) is 24.8 Å². The number of likely N-dealkylation sites (N-methyl/N-ethyl adjacent to an activating group) is 1. The maximum Gasteiger partial charge on any atom is 0.243 e. The summed E-state index contributed by atoms with van der Waals surface area (Å²) in [6.45, 7) is 1.74. The maximum absolute atomic E-state index is 11.8. The van der Waals surface area contributed by atoms with Gasteiger partial charge in [0.1, 0.15) is 12.3 Å². The van der Waals surface area contributed by atoms with E-state index in [1.807, 2.05) is 18.2 Å². The molecule has 1 aliphatic carbocycles. The predicted molar refractivity (Wildman–Crippen MR) is 94.2 cm³/mol.